The molecule has 0 amide bonds. The van der Waals surface area contributed by atoms with Crippen molar-refractivity contribution in [2.24, 2.45) is 5.41 Å². The number of aliphatic hydroxyl groups is 2. The Morgan fingerprint density at radius 1 is 1.19 bits per heavy atom. The van der Waals surface area contributed by atoms with Crippen LogP contribution in [0.25, 0.3) is 6.08 Å². The van der Waals surface area contributed by atoms with E-state index < -0.39 is 35.1 Å². The lowest BCUT2D eigenvalue weighted by atomic mass is 9.68. The highest BCUT2D eigenvalue weighted by Crippen LogP contribution is 2.57. The number of hydrogen-bond donors (Lipinski definition) is 2. The predicted octanol–water partition coefficient (Wildman–Crippen LogP) is 1.95. The van der Waals surface area contributed by atoms with Gasteiger partial charge in [0, 0.05) is 5.56 Å². The molecule has 0 spiro atoms. The zero-order valence-electron chi connectivity index (χ0n) is 18.4. The minimum absolute atomic E-state index is 0.225. The Hall–Kier alpha value is -1.97. The molecule has 4 heterocycles. The van der Waals surface area contributed by atoms with Crippen molar-refractivity contribution in [3.8, 4) is 5.75 Å². The minimum Gasteiger partial charge on any atom is -0.496 e. The van der Waals surface area contributed by atoms with Crippen LogP contribution >= 0.6 is 0 Å². The number of rotatable bonds is 6. The van der Waals surface area contributed by atoms with Crippen molar-refractivity contribution < 1.29 is 33.6 Å². The fraction of sp³-hybridized carbons (Fsp3) is 0.609. The Morgan fingerprint density at radius 3 is 2.58 bits per heavy atom. The lowest BCUT2D eigenvalue weighted by molar-refractivity contribution is -0.157. The van der Waals surface area contributed by atoms with Gasteiger partial charge in [-0.25, -0.2) is 4.79 Å². The van der Waals surface area contributed by atoms with E-state index in [1.807, 2.05) is 19.9 Å². The summed E-state index contributed by atoms with van der Waals surface area (Å²) in [6, 6.07) is 1.30. The molecule has 3 aliphatic rings. The van der Waals surface area contributed by atoms with Gasteiger partial charge in [-0.2, -0.15) is 0 Å². The van der Waals surface area contributed by atoms with Crippen molar-refractivity contribution in [1.82, 2.24) is 0 Å². The van der Waals surface area contributed by atoms with Gasteiger partial charge in [0.05, 0.1) is 30.8 Å². The third-order valence-corrected chi connectivity index (χ3v) is 7.04. The smallest absolute Gasteiger partial charge is 0.339 e. The average molecular weight is 434 g/mol. The van der Waals surface area contributed by atoms with Gasteiger partial charge in [-0.05, 0) is 33.3 Å². The van der Waals surface area contributed by atoms with Gasteiger partial charge in [-0.15, -0.1) is 0 Å². The maximum atomic E-state index is 11.6. The molecule has 1 aromatic rings. The molecule has 3 fully saturated rings. The molecule has 8 nitrogen and oxygen atoms in total. The normalized spacial score (nSPS) is 41.9. The summed E-state index contributed by atoms with van der Waals surface area (Å²) in [7, 11) is 1.50. The first kappa shape index (κ1) is 22.2. The molecule has 4 rings (SSSR count). The van der Waals surface area contributed by atoms with Crippen molar-refractivity contribution >= 4 is 6.08 Å². The molecule has 0 radical (unpaired) electrons. The van der Waals surface area contributed by atoms with Gasteiger partial charge in [-0.3, -0.25) is 0 Å². The molecular formula is C23H30O8. The van der Waals surface area contributed by atoms with Gasteiger partial charge in [0.15, 0.2) is 6.29 Å². The van der Waals surface area contributed by atoms with Crippen molar-refractivity contribution in [3.05, 3.63) is 46.0 Å². The first-order chi connectivity index (χ1) is 14.6. The van der Waals surface area contributed by atoms with Crippen LogP contribution in [0.2, 0.25) is 0 Å². The van der Waals surface area contributed by atoms with E-state index >= 15 is 0 Å². The second-order valence-corrected chi connectivity index (χ2v) is 8.77. The number of methoxy groups -OCH3 is 1. The maximum Gasteiger partial charge on any atom is 0.339 e. The fourth-order valence-corrected chi connectivity index (χ4v) is 4.72. The van der Waals surface area contributed by atoms with Gasteiger partial charge < -0.3 is 33.6 Å². The van der Waals surface area contributed by atoms with Gasteiger partial charge in [0.25, 0.3) is 0 Å². The summed E-state index contributed by atoms with van der Waals surface area (Å²) < 4.78 is 27.9. The van der Waals surface area contributed by atoms with Crippen LogP contribution in [0.4, 0.5) is 0 Å². The quantitative estimate of drug-likeness (QED) is 0.516. The molecule has 2 N–H and O–H groups in total. The second kappa shape index (κ2) is 7.86. The highest BCUT2D eigenvalue weighted by molar-refractivity contribution is 5.52. The Kier molecular flexibility index (Phi) is 5.64. The summed E-state index contributed by atoms with van der Waals surface area (Å²) in [5.74, 6) is 0.891. The van der Waals surface area contributed by atoms with E-state index in [1.54, 1.807) is 32.1 Å². The van der Waals surface area contributed by atoms with E-state index in [1.165, 1.54) is 13.2 Å². The fourth-order valence-electron chi connectivity index (χ4n) is 4.72. The van der Waals surface area contributed by atoms with Gasteiger partial charge in [0.1, 0.15) is 35.4 Å². The molecule has 3 aliphatic heterocycles. The molecule has 3 saturated heterocycles. The van der Waals surface area contributed by atoms with Gasteiger partial charge in [-0.1, -0.05) is 25.2 Å². The van der Waals surface area contributed by atoms with Crippen LogP contribution in [0.1, 0.15) is 38.5 Å². The first-order valence-electron chi connectivity index (χ1n) is 10.6. The summed E-state index contributed by atoms with van der Waals surface area (Å²) in [4.78, 5) is 11.6. The van der Waals surface area contributed by atoms with Crippen LogP contribution < -0.4 is 10.4 Å². The predicted molar refractivity (Wildman–Crippen MR) is 112 cm³/mol. The van der Waals surface area contributed by atoms with Crippen molar-refractivity contribution in [2.45, 2.75) is 76.5 Å². The van der Waals surface area contributed by atoms with Crippen molar-refractivity contribution in [1.29, 1.82) is 0 Å². The summed E-state index contributed by atoms with van der Waals surface area (Å²) in [6.45, 7) is 7.24. The number of allylic oxidation sites excluding steroid dienone is 2. The first-order valence-corrected chi connectivity index (χ1v) is 10.6. The molecule has 0 bridgehead atoms. The average Bonchev–Trinajstić information content (AvgIpc) is 3.40. The topological polar surface area (TPSA) is 111 Å². The van der Waals surface area contributed by atoms with Crippen LogP contribution in [-0.2, 0) is 14.2 Å². The van der Waals surface area contributed by atoms with Gasteiger partial charge in [0.2, 0.25) is 0 Å². The number of fused-ring (bicyclic) bond motifs is 1. The minimum atomic E-state index is -1.21. The van der Waals surface area contributed by atoms with E-state index in [0.29, 0.717) is 17.9 Å². The largest absolute Gasteiger partial charge is 0.496 e. The van der Waals surface area contributed by atoms with Crippen LogP contribution in [0.3, 0.4) is 0 Å². The zero-order chi connectivity index (χ0) is 22.6. The number of ether oxygens (including phenoxy) is 4. The van der Waals surface area contributed by atoms with Crippen molar-refractivity contribution in [2.75, 3.05) is 7.11 Å². The van der Waals surface area contributed by atoms with E-state index in [-0.39, 0.29) is 18.3 Å². The van der Waals surface area contributed by atoms with Crippen LogP contribution in [0.5, 0.6) is 5.75 Å². The van der Waals surface area contributed by atoms with E-state index in [0.717, 1.165) is 5.56 Å². The molecule has 0 saturated carbocycles. The Bertz CT molecular complexity index is 947. The summed E-state index contributed by atoms with van der Waals surface area (Å²) in [6.07, 6.45) is 4.55. The number of epoxide rings is 1. The molecular weight excluding hydrogens is 404 g/mol. The standard InChI is InChI=1S/C23H30O8/c1-6-16-23(4,26)22(3)20(25)19(31-21(22)30-16)18-14(29-18)10-8-7-9-13-12(2)15(27-5)11-17(24)28-13/h7-11,14,16,18-21,25-26H,6H2,1-5H3/t14-,16+,18+,19-,20+,21-,22+,23-/m1/s1. The Morgan fingerprint density at radius 2 is 1.94 bits per heavy atom. The van der Waals surface area contributed by atoms with Crippen LogP contribution in [-0.4, -0.2) is 59.7 Å². The van der Waals surface area contributed by atoms with E-state index in [4.69, 9.17) is 23.4 Å². The Balaban J connectivity index is 1.40. The Labute approximate surface area is 181 Å². The molecule has 0 aliphatic carbocycles. The molecule has 8 heteroatoms. The number of hydrogen-bond acceptors (Lipinski definition) is 8. The molecule has 170 valence electrons. The van der Waals surface area contributed by atoms with Crippen molar-refractivity contribution in [3.63, 3.8) is 0 Å². The second-order valence-electron chi connectivity index (χ2n) is 8.77. The lowest BCUT2D eigenvalue weighted by Crippen LogP contribution is -2.55. The molecule has 0 unspecified atom stereocenters. The number of aliphatic hydroxyl groups excluding tert-OH is 1. The zero-order valence-corrected chi connectivity index (χ0v) is 18.4. The van der Waals surface area contributed by atoms with Gasteiger partial charge >= 0.3 is 5.63 Å². The van der Waals surface area contributed by atoms with E-state index in [9.17, 15) is 15.0 Å². The molecule has 31 heavy (non-hydrogen) atoms. The summed E-state index contributed by atoms with van der Waals surface area (Å²) in [5.41, 5.74) is -1.89. The van der Waals surface area contributed by atoms with Crippen LogP contribution in [0.15, 0.2) is 33.5 Å². The molecule has 8 atom stereocenters. The third kappa shape index (κ3) is 3.47. The summed E-state index contributed by atoms with van der Waals surface area (Å²) in [5, 5.41) is 22.0. The molecule has 1 aromatic heterocycles. The third-order valence-electron chi connectivity index (χ3n) is 7.04. The highest BCUT2D eigenvalue weighted by atomic mass is 16.7. The molecule has 0 aromatic carbocycles. The van der Waals surface area contributed by atoms with E-state index in [2.05, 4.69) is 0 Å². The van der Waals surface area contributed by atoms with Crippen LogP contribution in [0, 0.1) is 12.3 Å². The highest BCUT2D eigenvalue weighted by Gasteiger charge is 2.72. The SMILES string of the molecule is CC[C@@H]1O[C@@H]2O[C@H]([C@H]3O[C@@H]3C=CC=Cc3oc(=O)cc(OC)c3C)[C@H](O)[C@]2(C)[C@]1(C)O. The monoisotopic (exact) mass is 434 g/mol. The lowest BCUT2D eigenvalue weighted by Gasteiger charge is -2.38. The maximum absolute atomic E-state index is 11.6. The summed E-state index contributed by atoms with van der Waals surface area (Å²) >= 11 is 0.